The first kappa shape index (κ1) is 10.2. The van der Waals surface area contributed by atoms with Crippen LogP contribution in [-0.2, 0) is 6.54 Å². The van der Waals surface area contributed by atoms with Crippen LogP contribution in [0.5, 0.6) is 0 Å². The first-order chi connectivity index (χ1) is 8.24. The van der Waals surface area contributed by atoms with Crippen LogP contribution in [0.1, 0.15) is 0 Å². The summed E-state index contributed by atoms with van der Waals surface area (Å²) >= 11 is 6.11. The number of nitrogens with one attached hydrogen (secondary N) is 2. The van der Waals surface area contributed by atoms with Crippen molar-refractivity contribution in [2.45, 2.75) is 6.54 Å². The van der Waals surface area contributed by atoms with Gasteiger partial charge in [0.05, 0.1) is 23.6 Å². The van der Waals surface area contributed by atoms with Gasteiger partial charge >= 0.3 is 0 Å². The topological polar surface area (TPSA) is 41.9 Å². The molecule has 0 aromatic carbocycles. The van der Waals surface area contributed by atoms with Crippen LogP contribution >= 0.6 is 11.6 Å². The van der Waals surface area contributed by atoms with Gasteiger partial charge < -0.3 is 15.2 Å². The monoisotopic (exact) mass is 246 g/mol. The molecule has 0 saturated heterocycles. The first-order valence-electron chi connectivity index (χ1n) is 5.25. The van der Waals surface area contributed by atoms with Gasteiger partial charge in [-0.2, -0.15) is 0 Å². The van der Waals surface area contributed by atoms with Crippen molar-refractivity contribution in [1.29, 1.82) is 0 Å². The summed E-state index contributed by atoms with van der Waals surface area (Å²) in [4.78, 5) is 4.10. The number of fused-ring (bicyclic) bond motifs is 1. The zero-order valence-electron chi connectivity index (χ0n) is 9.07. The molecule has 0 radical (unpaired) electrons. The Bertz CT molecular complexity index is 626. The van der Waals surface area contributed by atoms with Crippen LogP contribution < -0.4 is 10.6 Å². The number of halogens is 1. The quantitative estimate of drug-likeness (QED) is 0.799. The molecule has 3 heterocycles. The molecule has 2 aromatic heterocycles. The second kappa shape index (κ2) is 3.82. The van der Waals surface area contributed by atoms with Gasteiger partial charge in [-0.15, -0.1) is 0 Å². The Hall–Kier alpha value is -1.94. The van der Waals surface area contributed by atoms with E-state index in [-0.39, 0.29) is 0 Å². The number of pyridine rings is 1. The molecule has 0 saturated carbocycles. The molecule has 0 fully saturated rings. The van der Waals surface area contributed by atoms with Gasteiger partial charge in [-0.05, 0) is 12.1 Å². The Labute approximate surface area is 104 Å². The Balaban J connectivity index is 1.98. The number of aromatic nitrogens is 2. The van der Waals surface area contributed by atoms with Crippen LogP contribution in [0.2, 0.25) is 5.15 Å². The van der Waals surface area contributed by atoms with Gasteiger partial charge in [0.1, 0.15) is 0 Å². The molecule has 0 amide bonds. The van der Waals surface area contributed by atoms with E-state index in [4.69, 9.17) is 11.6 Å². The second-order valence-electron chi connectivity index (χ2n) is 3.90. The lowest BCUT2D eigenvalue weighted by molar-refractivity contribution is 0.770. The summed E-state index contributed by atoms with van der Waals surface area (Å²) in [7, 11) is 0. The van der Waals surface area contributed by atoms with Crippen LogP contribution in [0.4, 0.5) is 0 Å². The van der Waals surface area contributed by atoms with Gasteiger partial charge in [0.25, 0.3) is 0 Å². The van der Waals surface area contributed by atoms with Gasteiger partial charge in [0, 0.05) is 24.0 Å². The van der Waals surface area contributed by atoms with Crippen molar-refractivity contribution in [1.82, 2.24) is 20.2 Å². The number of rotatable bonds is 2. The number of hydrogen-bond acceptors (Lipinski definition) is 3. The van der Waals surface area contributed by atoms with E-state index in [1.807, 2.05) is 24.5 Å². The lowest BCUT2D eigenvalue weighted by Gasteiger charge is -2.07. The average molecular weight is 247 g/mol. The highest BCUT2D eigenvalue weighted by Gasteiger charge is 2.10. The summed E-state index contributed by atoms with van der Waals surface area (Å²) in [5.41, 5.74) is 2.00. The van der Waals surface area contributed by atoms with E-state index in [2.05, 4.69) is 26.8 Å². The van der Waals surface area contributed by atoms with E-state index in [0.717, 1.165) is 22.4 Å². The zero-order valence-corrected chi connectivity index (χ0v) is 9.83. The van der Waals surface area contributed by atoms with Crippen LogP contribution in [-0.4, -0.2) is 9.55 Å². The highest BCUT2D eigenvalue weighted by molar-refractivity contribution is 6.33. The predicted octanol–water partition coefficient (Wildman–Crippen LogP) is 2.20. The van der Waals surface area contributed by atoms with E-state index in [9.17, 15) is 0 Å². The molecule has 0 aliphatic carbocycles. The molecule has 0 spiro atoms. The minimum Gasteiger partial charge on any atom is -0.347 e. The summed E-state index contributed by atoms with van der Waals surface area (Å²) < 4.78 is 2.06. The molecule has 1 aliphatic rings. The Morgan fingerprint density at radius 3 is 3.06 bits per heavy atom. The maximum atomic E-state index is 6.11. The largest absolute Gasteiger partial charge is 0.347 e. The van der Waals surface area contributed by atoms with Gasteiger partial charge in [-0.25, -0.2) is 4.98 Å². The van der Waals surface area contributed by atoms with Crippen LogP contribution in [0, 0.1) is 0 Å². The summed E-state index contributed by atoms with van der Waals surface area (Å²) in [6, 6.07) is 3.98. The molecule has 2 aromatic rings. The maximum Gasteiger partial charge on any atom is 0.153 e. The van der Waals surface area contributed by atoms with Gasteiger partial charge in [0.2, 0.25) is 0 Å². The smallest absolute Gasteiger partial charge is 0.153 e. The fourth-order valence-electron chi connectivity index (χ4n) is 1.95. The van der Waals surface area contributed by atoms with Crippen LogP contribution in [0.15, 0.2) is 48.8 Å². The molecule has 0 unspecified atom stereocenters. The first-order valence-corrected chi connectivity index (χ1v) is 5.63. The van der Waals surface area contributed by atoms with Crippen LogP contribution in [0.25, 0.3) is 10.9 Å². The molecule has 5 heteroatoms. The zero-order chi connectivity index (χ0) is 11.8. The molecule has 4 nitrogen and oxygen atoms in total. The lowest BCUT2D eigenvalue weighted by Crippen LogP contribution is -2.13. The number of allylic oxidation sites excluding steroid dienone is 1. The number of nitrogens with zero attached hydrogens (tertiary/aromatic N) is 2. The van der Waals surface area contributed by atoms with Crippen molar-refractivity contribution in [2.24, 2.45) is 0 Å². The van der Waals surface area contributed by atoms with Gasteiger partial charge in [-0.3, -0.25) is 0 Å². The van der Waals surface area contributed by atoms with Gasteiger partial charge in [0.15, 0.2) is 5.15 Å². The fourth-order valence-corrected chi connectivity index (χ4v) is 2.22. The summed E-state index contributed by atoms with van der Waals surface area (Å²) in [6.07, 6.45) is 5.62. The molecular weight excluding hydrogens is 236 g/mol. The highest BCUT2D eigenvalue weighted by atomic mass is 35.5. The summed E-state index contributed by atoms with van der Waals surface area (Å²) in [5, 5.41) is 7.78. The van der Waals surface area contributed by atoms with E-state index >= 15 is 0 Å². The molecular formula is C12H11ClN4. The standard InChI is InChI=1S/C12H11ClN4/c1-8-15-6-10(16-8)7-17-5-3-9-2-4-14-12(13)11(9)17/h2-6,15-16H,1,7H2. The minimum absolute atomic E-state index is 0.526. The normalized spacial score (nSPS) is 14.6. The van der Waals surface area contributed by atoms with Crippen molar-refractivity contribution in [3.8, 4) is 0 Å². The van der Waals surface area contributed by atoms with E-state index in [0.29, 0.717) is 11.7 Å². The molecule has 17 heavy (non-hydrogen) atoms. The Morgan fingerprint density at radius 1 is 1.41 bits per heavy atom. The van der Waals surface area contributed by atoms with Crippen molar-refractivity contribution in [2.75, 3.05) is 0 Å². The molecule has 2 N–H and O–H groups in total. The Morgan fingerprint density at radius 2 is 2.29 bits per heavy atom. The van der Waals surface area contributed by atoms with Gasteiger partial charge in [-0.1, -0.05) is 18.2 Å². The fraction of sp³-hybridized carbons (Fsp3) is 0.0833. The third-order valence-electron chi connectivity index (χ3n) is 2.70. The summed E-state index contributed by atoms with van der Waals surface area (Å²) in [6.45, 7) is 4.50. The molecule has 1 aliphatic heterocycles. The molecule has 0 atom stereocenters. The van der Waals surface area contributed by atoms with Crippen LogP contribution in [0.3, 0.4) is 0 Å². The molecule has 3 rings (SSSR count). The number of hydrogen-bond donors (Lipinski definition) is 2. The van der Waals surface area contributed by atoms with E-state index < -0.39 is 0 Å². The van der Waals surface area contributed by atoms with Crippen molar-refractivity contribution in [3.05, 3.63) is 54.0 Å². The second-order valence-corrected chi connectivity index (χ2v) is 4.26. The average Bonchev–Trinajstić information content (AvgIpc) is 2.88. The minimum atomic E-state index is 0.526. The van der Waals surface area contributed by atoms with E-state index in [1.165, 1.54) is 0 Å². The van der Waals surface area contributed by atoms with Crippen molar-refractivity contribution < 1.29 is 0 Å². The predicted molar refractivity (Wildman–Crippen MR) is 68.2 cm³/mol. The molecule has 86 valence electrons. The lowest BCUT2D eigenvalue weighted by atomic mass is 10.3. The maximum absolute atomic E-state index is 6.11. The van der Waals surface area contributed by atoms with E-state index in [1.54, 1.807) is 6.20 Å². The highest BCUT2D eigenvalue weighted by Crippen LogP contribution is 2.23. The Kier molecular flexibility index (Phi) is 2.30. The van der Waals surface area contributed by atoms with Crippen molar-refractivity contribution in [3.63, 3.8) is 0 Å². The third-order valence-corrected chi connectivity index (χ3v) is 2.98. The molecule has 0 bridgehead atoms. The summed E-state index contributed by atoms with van der Waals surface area (Å²) in [5.74, 6) is 0.792. The SMILES string of the molecule is C=C1NC=C(Cn2ccc3ccnc(Cl)c32)N1. The van der Waals surface area contributed by atoms with Crippen molar-refractivity contribution >= 4 is 22.5 Å². The third kappa shape index (κ3) is 1.76.